The third-order valence-corrected chi connectivity index (χ3v) is 1.09. The van der Waals surface area contributed by atoms with Crippen LogP contribution in [0.15, 0.2) is 5.28 Å². The van der Waals surface area contributed by atoms with Gasteiger partial charge < -0.3 is 5.21 Å². The zero-order chi connectivity index (χ0) is 9.07. The van der Waals surface area contributed by atoms with Gasteiger partial charge in [0.05, 0.1) is 0 Å². The maximum absolute atomic E-state index is 10.2. The first kappa shape index (κ1) is 9.88. The van der Waals surface area contributed by atoms with E-state index in [0.717, 1.165) is 0 Å². The zero-order valence-corrected chi connectivity index (χ0v) is 6.30. The predicted molar refractivity (Wildman–Crippen MR) is 34.3 cm³/mol. The molecule has 0 heterocycles. The molecule has 0 unspecified atom stereocenters. The van der Waals surface area contributed by atoms with Crippen LogP contribution in [0.25, 0.3) is 0 Å². The van der Waals surface area contributed by atoms with Crippen molar-refractivity contribution in [3.63, 3.8) is 0 Å². The summed E-state index contributed by atoms with van der Waals surface area (Å²) in [6, 6.07) is -0.367. The Kier molecular flexibility index (Phi) is 2.99. The van der Waals surface area contributed by atoms with E-state index < -0.39 is 9.89 Å². The largest absolute Gasteiger partial charge is 0.735 e. The molecule has 0 aromatic carbocycles. The van der Waals surface area contributed by atoms with Gasteiger partial charge in [-0.05, 0) is 18.7 Å². The normalized spacial score (nSPS) is 13.7. The van der Waals surface area contributed by atoms with Crippen LogP contribution in [-0.2, 0) is 4.94 Å². The Morgan fingerprint density at radius 1 is 1.55 bits per heavy atom. The molecule has 0 aromatic heterocycles. The summed E-state index contributed by atoms with van der Waals surface area (Å²) in [4.78, 5) is 3.11. The van der Waals surface area contributed by atoms with Crippen molar-refractivity contribution in [1.29, 1.82) is 0 Å². The Labute approximate surface area is 63.2 Å². The van der Waals surface area contributed by atoms with Crippen LogP contribution in [-0.4, -0.2) is 15.9 Å². The molecule has 0 rings (SSSR count). The molecule has 0 radical (unpaired) electrons. The highest BCUT2D eigenvalue weighted by Gasteiger charge is 2.25. The van der Waals surface area contributed by atoms with Crippen LogP contribution in [0.4, 0.5) is 0 Å². The van der Waals surface area contributed by atoms with Crippen LogP contribution in [0.2, 0.25) is 0 Å². The summed E-state index contributed by atoms with van der Waals surface area (Å²) >= 11 is 0. The summed E-state index contributed by atoms with van der Waals surface area (Å²) in [6.07, 6.45) is 0. The molecular formula is C3H11N5O3. The number of hydrogen-bond donors (Lipinski definition) is 2. The molecule has 8 heteroatoms. The van der Waals surface area contributed by atoms with Crippen molar-refractivity contribution in [2.45, 2.75) is 19.9 Å². The van der Waals surface area contributed by atoms with E-state index in [1.807, 2.05) is 5.28 Å². The quantitative estimate of drug-likeness (QED) is 0.247. The van der Waals surface area contributed by atoms with Crippen LogP contribution < -0.4 is 11.7 Å². The topological polar surface area (TPSA) is 123 Å². The number of rotatable bonds is 3. The van der Waals surface area contributed by atoms with E-state index >= 15 is 0 Å². The third-order valence-electron chi connectivity index (χ3n) is 1.09. The first-order chi connectivity index (χ1) is 4.90. The molecule has 0 aliphatic rings. The first-order valence-corrected chi connectivity index (χ1v) is 2.86. The maximum atomic E-state index is 10.2. The van der Waals surface area contributed by atoms with Crippen LogP contribution in [0.1, 0.15) is 13.8 Å². The van der Waals surface area contributed by atoms with Gasteiger partial charge in [-0.25, -0.2) is 5.21 Å². The van der Waals surface area contributed by atoms with E-state index in [4.69, 9.17) is 11.7 Å². The smallest absolute Gasteiger partial charge is 0.211 e. The minimum absolute atomic E-state index is 0.367. The van der Waals surface area contributed by atoms with Crippen molar-refractivity contribution in [3.8, 4) is 0 Å². The molecular weight excluding hydrogens is 154 g/mol. The SMILES string of the molecule is CC(C)[N+](N)(N)O[N+]([O-])=N[O-]. The van der Waals surface area contributed by atoms with Crippen molar-refractivity contribution in [3.05, 3.63) is 10.4 Å². The van der Waals surface area contributed by atoms with E-state index in [1.54, 1.807) is 13.8 Å². The van der Waals surface area contributed by atoms with Gasteiger partial charge in [-0.3, -0.25) is 0 Å². The zero-order valence-electron chi connectivity index (χ0n) is 6.30. The van der Waals surface area contributed by atoms with Crippen LogP contribution in [0.3, 0.4) is 0 Å². The Bertz CT molecular complexity index is 155. The van der Waals surface area contributed by atoms with Crippen molar-refractivity contribution >= 4 is 0 Å². The molecule has 8 nitrogen and oxygen atoms in total. The molecule has 4 N–H and O–H groups in total. The van der Waals surface area contributed by atoms with Crippen molar-refractivity contribution in [1.82, 2.24) is 0 Å². The van der Waals surface area contributed by atoms with Gasteiger partial charge in [-0.15, -0.1) is 11.7 Å². The average molecular weight is 165 g/mol. The van der Waals surface area contributed by atoms with Gasteiger partial charge in [-0.2, -0.15) is 4.94 Å². The summed E-state index contributed by atoms with van der Waals surface area (Å²) in [6.45, 7) is 3.22. The van der Waals surface area contributed by atoms with Crippen LogP contribution in [0, 0.1) is 10.4 Å². The molecule has 0 fully saturated rings. The maximum Gasteiger partial charge on any atom is 0.211 e. The Balaban J connectivity index is 4.13. The highest BCUT2D eigenvalue weighted by atomic mass is 17.0. The second kappa shape index (κ2) is 3.32. The molecule has 0 saturated carbocycles. The van der Waals surface area contributed by atoms with Crippen molar-refractivity contribution in [2.24, 2.45) is 17.0 Å². The first-order valence-electron chi connectivity index (χ1n) is 2.86. The number of nitrogens with two attached hydrogens (primary N) is 2. The number of quaternary nitrogens is 1. The van der Waals surface area contributed by atoms with Gasteiger partial charge in [0.15, 0.2) is 0 Å². The molecule has 0 amide bonds. The fourth-order valence-corrected chi connectivity index (χ4v) is 0.230. The van der Waals surface area contributed by atoms with Crippen molar-refractivity contribution in [2.75, 3.05) is 0 Å². The average Bonchev–Trinajstić information content (AvgIpc) is 1.86. The van der Waals surface area contributed by atoms with E-state index in [1.165, 1.54) is 0 Å². The minimum Gasteiger partial charge on any atom is -0.735 e. The van der Waals surface area contributed by atoms with Crippen LogP contribution >= 0.6 is 0 Å². The number of hydroxylamine groups is 1. The molecule has 66 valence electrons. The van der Waals surface area contributed by atoms with Gasteiger partial charge in [-0.1, -0.05) is 0 Å². The molecule has 0 aliphatic carbocycles. The van der Waals surface area contributed by atoms with E-state index in [-0.39, 0.29) is 6.04 Å². The fraction of sp³-hybridized carbons (Fsp3) is 1.00. The Morgan fingerprint density at radius 3 is 2.27 bits per heavy atom. The van der Waals surface area contributed by atoms with E-state index in [0.29, 0.717) is 0 Å². The van der Waals surface area contributed by atoms with Gasteiger partial charge in [0, 0.05) is 5.28 Å². The van der Waals surface area contributed by atoms with E-state index in [2.05, 4.69) is 4.94 Å². The molecule has 0 saturated heterocycles. The lowest BCUT2D eigenvalue weighted by atomic mass is 10.4. The highest BCUT2D eigenvalue weighted by molar-refractivity contribution is 4.26. The molecule has 11 heavy (non-hydrogen) atoms. The second-order valence-electron chi connectivity index (χ2n) is 2.26. The second-order valence-corrected chi connectivity index (χ2v) is 2.26. The Hall–Kier alpha value is -1.12. The lowest BCUT2D eigenvalue weighted by Crippen LogP contribution is -2.65. The molecule has 0 spiro atoms. The van der Waals surface area contributed by atoms with Gasteiger partial charge >= 0.3 is 0 Å². The van der Waals surface area contributed by atoms with Gasteiger partial charge in [0.2, 0.25) is 5.02 Å². The Morgan fingerprint density at radius 2 is 2.00 bits per heavy atom. The van der Waals surface area contributed by atoms with Crippen molar-refractivity contribution < 1.29 is 14.8 Å². The summed E-state index contributed by atoms with van der Waals surface area (Å²) in [7, 11) is 0. The summed E-state index contributed by atoms with van der Waals surface area (Å²) in [5.74, 6) is 10.4. The van der Waals surface area contributed by atoms with Gasteiger partial charge in [0.25, 0.3) is 0 Å². The standard InChI is InChI=1S/C3H11N5O3/c1-3(2)8(4,5)11-7(10)6-9/h3H,4-5H2,1-2H3. The molecule has 0 atom stereocenters. The third kappa shape index (κ3) is 2.98. The van der Waals surface area contributed by atoms with Gasteiger partial charge in [0.1, 0.15) is 6.04 Å². The van der Waals surface area contributed by atoms with Crippen LogP contribution in [0.5, 0.6) is 0 Å². The molecule has 0 bridgehead atoms. The minimum atomic E-state index is -1.03. The fourth-order valence-electron chi connectivity index (χ4n) is 0.230. The molecule has 0 aliphatic heterocycles. The lowest BCUT2D eigenvalue weighted by molar-refractivity contribution is -1.26. The predicted octanol–water partition coefficient (Wildman–Crippen LogP) is -0.734. The highest BCUT2D eigenvalue weighted by Crippen LogP contribution is 1.99. The molecule has 0 aromatic rings. The summed E-state index contributed by atoms with van der Waals surface area (Å²) in [5, 5.41) is 21.0. The lowest BCUT2D eigenvalue weighted by Gasteiger charge is -2.27. The number of hydrogen-bond acceptors (Lipinski definition) is 6. The number of nitrogens with zero attached hydrogens (tertiary/aromatic N) is 3. The summed E-state index contributed by atoms with van der Waals surface area (Å²) in [5.41, 5.74) is 0. The monoisotopic (exact) mass is 165 g/mol. The van der Waals surface area contributed by atoms with E-state index in [9.17, 15) is 10.4 Å². The summed E-state index contributed by atoms with van der Waals surface area (Å²) < 4.78 is 0.